The molecular weight excluding hydrogens is 379 g/mol. The van der Waals surface area contributed by atoms with Crippen LogP contribution in [0.4, 0.5) is 10.1 Å². The number of aryl methyl sites for hydroxylation is 2. The Morgan fingerprint density at radius 2 is 1.73 bits per heavy atom. The highest BCUT2D eigenvalue weighted by Gasteiger charge is 2.30. The Bertz CT molecular complexity index is 1210. The minimum atomic E-state index is -0.314. The van der Waals surface area contributed by atoms with E-state index in [4.69, 9.17) is 0 Å². The molecule has 0 saturated heterocycles. The van der Waals surface area contributed by atoms with Crippen LogP contribution in [0.25, 0.3) is 11.5 Å². The molecule has 1 aliphatic rings. The van der Waals surface area contributed by atoms with Gasteiger partial charge in [-0.25, -0.2) is 9.07 Å². The van der Waals surface area contributed by atoms with E-state index in [1.54, 1.807) is 16.8 Å². The number of aromatic nitrogens is 3. The summed E-state index contributed by atoms with van der Waals surface area (Å²) in [6.45, 7) is 2.51. The van der Waals surface area contributed by atoms with Crippen LogP contribution in [0.5, 0.6) is 0 Å². The summed E-state index contributed by atoms with van der Waals surface area (Å²) in [4.78, 5) is 15.6. The van der Waals surface area contributed by atoms with Crippen molar-refractivity contribution in [2.75, 3.05) is 11.4 Å². The van der Waals surface area contributed by atoms with E-state index in [-0.39, 0.29) is 11.7 Å². The van der Waals surface area contributed by atoms with Crippen molar-refractivity contribution in [2.24, 2.45) is 0 Å². The van der Waals surface area contributed by atoms with E-state index >= 15 is 0 Å². The van der Waals surface area contributed by atoms with Gasteiger partial charge >= 0.3 is 0 Å². The van der Waals surface area contributed by atoms with Crippen molar-refractivity contribution < 1.29 is 9.18 Å². The van der Waals surface area contributed by atoms with Crippen molar-refractivity contribution in [2.45, 2.75) is 19.8 Å². The molecule has 6 heteroatoms. The Morgan fingerprint density at radius 3 is 2.50 bits per heavy atom. The first kappa shape index (κ1) is 18.4. The number of amides is 1. The van der Waals surface area contributed by atoms with E-state index in [1.165, 1.54) is 17.7 Å². The normalized spacial score (nSPS) is 13.3. The molecular formula is C24H21FN4O. The van der Waals surface area contributed by atoms with Crippen LogP contribution in [-0.2, 0) is 6.42 Å². The average Bonchev–Trinajstić information content (AvgIpc) is 3.41. The Hall–Kier alpha value is -3.67. The molecule has 1 amide bonds. The standard InChI is InChI=1S/C24H21FN4O/c1-17-22(24(30)28-16-6-8-18-7-2-3-9-21(18)28)23(27-14-4-5-15-27)29(26-17)20-12-10-19(25)11-13-20/h2-5,7,9-15H,6,8,16H2,1H3. The maximum atomic E-state index is 13.8. The van der Waals surface area contributed by atoms with Crippen LogP contribution >= 0.6 is 0 Å². The summed E-state index contributed by atoms with van der Waals surface area (Å²) >= 11 is 0. The molecule has 0 aliphatic carbocycles. The van der Waals surface area contributed by atoms with Gasteiger partial charge in [-0.2, -0.15) is 5.10 Å². The second-order valence-corrected chi connectivity index (χ2v) is 7.45. The van der Waals surface area contributed by atoms with Gasteiger partial charge in [0, 0.05) is 24.6 Å². The summed E-state index contributed by atoms with van der Waals surface area (Å²) in [6, 6.07) is 18.0. The number of halogens is 1. The van der Waals surface area contributed by atoms with E-state index in [2.05, 4.69) is 11.2 Å². The van der Waals surface area contributed by atoms with Crippen LogP contribution in [0.3, 0.4) is 0 Å². The topological polar surface area (TPSA) is 43.1 Å². The first-order valence-corrected chi connectivity index (χ1v) is 10.0. The number of hydrogen-bond donors (Lipinski definition) is 0. The van der Waals surface area contributed by atoms with Gasteiger partial charge in [0.05, 0.1) is 11.4 Å². The van der Waals surface area contributed by atoms with Crippen LogP contribution in [0.1, 0.15) is 28.0 Å². The van der Waals surface area contributed by atoms with E-state index in [0.29, 0.717) is 29.3 Å². The maximum absolute atomic E-state index is 13.8. The lowest BCUT2D eigenvalue weighted by Gasteiger charge is -2.29. The van der Waals surface area contributed by atoms with Crippen molar-refractivity contribution in [1.29, 1.82) is 0 Å². The lowest BCUT2D eigenvalue weighted by molar-refractivity contribution is 0.0984. The van der Waals surface area contributed by atoms with Gasteiger partial charge < -0.3 is 9.47 Å². The molecule has 1 aliphatic heterocycles. The van der Waals surface area contributed by atoms with Crippen molar-refractivity contribution in [3.05, 3.63) is 95.7 Å². The molecule has 0 fully saturated rings. The van der Waals surface area contributed by atoms with Gasteiger partial charge in [0.15, 0.2) is 5.82 Å². The zero-order valence-corrected chi connectivity index (χ0v) is 16.6. The number of carbonyl (C=O) groups excluding carboxylic acids is 1. The fourth-order valence-corrected chi connectivity index (χ4v) is 4.12. The lowest BCUT2D eigenvalue weighted by atomic mass is 10.0. The molecule has 0 spiro atoms. The highest BCUT2D eigenvalue weighted by atomic mass is 19.1. The molecule has 0 radical (unpaired) electrons. The van der Waals surface area contributed by atoms with Crippen LogP contribution in [0.2, 0.25) is 0 Å². The van der Waals surface area contributed by atoms with Crippen molar-refractivity contribution in [3.8, 4) is 11.5 Å². The summed E-state index contributed by atoms with van der Waals surface area (Å²) in [5.41, 5.74) is 4.02. The zero-order valence-electron chi connectivity index (χ0n) is 16.6. The number of para-hydroxylation sites is 1. The molecule has 5 nitrogen and oxygen atoms in total. The van der Waals surface area contributed by atoms with Gasteiger partial charge in [0.1, 0.15) is 11.4 Å². The molecule has 30 heavy (non-hydrogen) atoms. The second kappa shape index (κ2) is 7.30. The summed E-state index contributed by atoms with van der Waals surface area (Å²) < 4.78 is 17.1. The van der Waals surface area contributed by atoms with E-state index in [0.717, 1.165) is 18.5 Å². The summed E-state index contributed by atoms with van der Waals surface area (Å²) in [7, 11) is 0. The summed E-state index contributed by atoms with van der Waals surface area (Å²) in [6.07, 6.45) is 5.67. The summed E-state index contributed by atoms with van der Waals surface area (Å²) in [5, 5.41) is 4.66. The monoisotopic (exact) mass is 400 g/mol. The fourth-order valence-electron chi connectivity index (χ4n) is 4.12. The van der Waals surface area contributed by atoms with Crippen LogP contribution in [0, 0.1) is 12.7 Å². The minimum absolute atomic E-state index is 0.0725. The lowest BCUT2D eigenvalue weighted by Crippen LogP contribution is -2.36. The average molecular weight is 400 g/mol. The molecule has 0 saturated carbocycles. The molecule has 4 aromatic rings. The van der Waals surface area contributed by atoms with Gasteiger partial charge in [0.2, 0.25) is 0 Å². The number of hydrogen-bond acceptors (Lipinski definition) is 2. The molecule has 0 bridgehead atoms. The molecule has 3 heterocycles. The van der Waals surface area contributed by atoms with Gasteiger partial charge in [-0.1, -0.05) is 18.2 Å². The third-order valence-corrected chi connectivity index (χ3v) is 5.53. The van der Waals surface area contributed by atoms with Crippen molar-refractivity contribution in [3.63, 3.8) is 0 Å². The third-order valence-electron chi connectivity index (χ3n) is 5.53. The van der Waals surface area contributed by atoms with Crippen LogP contribution in [-0.4, -0.2) is 26.8 Å². The fraction of sp³-hybridized carbons (Fsp3) is 0.167. The highest BCUT2D eigenvalue weighted by molar-refractivity contribution is 6.09. The second-order valence-electron chi connectivity index (χ2n) is 7.45. The minimum Gasteiger partial charge on any atom is -0.308 e. The van der Waals surface area contributed by atoms with E-state index in [1.807, 2.05) is 59.1 Å². The highest BCUT2D eigenvalue weighted by Crippen LogP contribution is 2.31. The summed E-state index contributed by atoms with van der Waals surface area (Å²) in [5.74, 6) is 0.264. The van der Waals surface area contributed by atoms with Crippen molar-refractivity contribution >= 4 is 11.6 Å². The first-order chi connectivity index (χ1) is 14.6. The van der Waals surface area contributed by atoms with Gasteiger partial charge in [0.25, 0.3) is 5.91 Å². The Morgan fingerprint density at radius 1 is 1.00 bits per heavy atom. The maximum Gasteiger partial charge on any atom is 0.263 e. The molecule has 150 valence electrons. The zero-order chi connectivity index (χ0) is 20.7. The Kier molecular flexibility index (Phi) is 4.47. The number of benzene rings is 2. The molecule has 2 aromatic carbocycles. The van der Waals surface area contributed by atoms with Gasteiger partial charge in [-0.15, -0.1) is 0 Å². The number of rotatable bonds is 3. The predicted octanol–water partition coefficient (Wildman–Crippen LogP) is 4.70. The van der Waals surface area contributed by atoms with Crippen molar-refractivity contribution in [1.82, 2.24) is 14.3 Å². The third kappa shape index (κ3) is 3.01. The number of anilines is 1. The first-order valence-electron chi connectivity index (χ1n) is 10.0. The largest absolute Gasteiger partial charge is 0.308 e. The van der Waals surface area contributed by atoms with Crippen LogP contribution < -0.4 is 4.90 Å². The Labute approximate surface area is 174 Å². The molecule has 5 rings (SSSR count). The quantitative estimate of drug-likeness (QED) is 0.500. The molecule has 0 unspecified atom stereocenters. The van der Waals surface area contributed by atoms with Gasteiger partial charge in [-0.05, 0) is 67.8 Å². The molecule has 0 N–H and O–H groups in total. The number of nitrogens with zero attached hydrogens (tertiary/aromatic N) is 4. The van der Waals surface area contributed by atoms with E-state index < -0.39 is 0 Å². The predicted molar refractivity (Wildman–Crippen MR) is 114 cm³/mol. The number of carbonyl (C=O) groups is 1. The van der Waals surface area contributed by atoms with Crippen LogP contribution in [0.15, 0.2) is 73.1 Å². The molecule has 2 aromatic heterocycles. The Balaban J connectivity index is 1.68. The molecule has 0 atom stereocenters. The van der Waals surface area contributed by atoms with E-state index in [9.17, 15) is 9.18 Å². The number of fused-ring (bicyclic) bond motifs is 1. The SMILES string of the molecule is Cc1nn(-c2ccc(F)cc2)c(-n2cccc2)c1C(=O)N1CCCc2ccccc21. The smallest absolute Gasteiger partial charge is 0.263 e. The van der Waals surface area contributed by atoms with Gasteiger partial charge in [-0.3, -0.25) is 4.79 Å².